The Balaban J connectivity index is 2.18. The van der Waals surface area contributed by atoms with E-state index in [4.69, 9.17) is 10.5 Å². The molecule has 1 aliphatic rings. The van der Waals surface area contributed by atoms with Gasteiger partial charge in [-0.25, -0.2) is 4.79 Å². The summed E-state index contributed by atoms with van der Waals surface area (Å²) in [6.45, 7) is 8.79. The van der Waals surface area contributed by atoms with Gasteiger partial charge in [0.05, 0.1) is 24.1 Å². The van der Waals surface area contributed by atoms with Crippen LogP contribution in [0, 0.1) is 0 Å². The Morgan fingerprint density at radius 1 is 1.53 bits per heavy atom. The highest BCUT2D eigenvalue weighted by atomic mass is 16.6. The molecule has 1 unspecified atom stereocenters. The van der Waals surface area contributed by atoms with E-state index in [0.717, 1.165) is 11.3 Å². The van der Waals surface area contributed by atoms with Gasteiger partial charge in [0.2, 0.25) is 0 Å². The molecule has 0 aromatic carbocycles. The van der Waals surface area contributed by atoms with Gasteiger partial charge in [-0.2, -0.15) is 0 Å². The highest BCUT2D eigenvalue weighted by Gasteiger charge is 2.29. The smallest absolute Gasteiger partial charge is 0.410 e. The zero-order valence-corrected chi connectivity index (χ0v) is 11.9. The van der Waals surface area contributed by atoms with Crippen molar-refractivity contribution in [3.8, 4) is 0 Å². The lowest BCUT2D eigenvalue weighted by atomic mass is 9.96. The van der Waals surface area contributed by atoms with Gasteiger partial charge in [-0.15, -0.1) is 0 Å². The Hall–Kier alpha value is -1.78. The van der Waals surface area contributed by atoms with Gasteiger partial charge >= 0.3 is 6.09 Å². The Morgan fingerprint density at radius 3 is 2.84 bits per heavy atom. The fourth-order valence-corrected chi connectivity index (χ4v) is 2.26. The van der Waals surface area contributed by atoms with E-state index in [0.29, 0.717) is 18.8 Å². The number of amides is 1. The lowest BCUT2D eigenvalue weighted by molar-refractivity contribution is 0.0207. The number of nitrogens with zero attached hydrogens (tertiary/aromatic N) is 2. The quantitative estimate of drug-likeness (QED) is 0.781. The van der Waals surface area contributed by atoms with Gasteiger partial charge in [0.25, 0.3) is 0 Å². The molecular formula is C14H21N3O2. The zero-order chi connectivity index (χ0) is 14.2. The van der Waals surface area contributed by atoms with Gasteiger partial charge in [0.15, 0.2) is 0 Å². The van der Waals surface area contributed by atoms with Crippen LogP contribution in [-0.4, -0.2) is 28.1 Å². The molecule has 0 fully saturated rings. The monoisotopic (exact) mass is 263 g/mol. The van der Waals surface area contributed by atoms with Crippen molar-refractivity contribution in [3.63, 3.8) is 0 Å². The molecule has 0 saturated heterocycles. The van der Waals surface area contributed by atoms with Crippen molar-refractivity contribution >= 4 is 11.8 Å². The molecule has 1 aliphatic heterocycles. The summed E-state index contributed by atoms with van der Waals surface area (Å²) in [7, 11) is 0. The molecule has 1 aromatic heterocycles. The number of hydrogen-bond acceptors (Lipinski definition) is 4. The van der Waals surface area contributed by atoms with Gasteiger partial charge in [-0.3, -0.25) is 4.98 Å². The second kappa shape index (κ2) is 4.72. The van der Waals surface area contributed by atoms with Crippen LogP contribution in [0.5, 0.6) is 0 Å². The molecule has 0 saturated carbocycles. The normalized spacial score (nSPS) is 18.9. The number of nitrogen functional groups attached to an aromatic ring is 1. The Bertz CT molecular complexity index is 494. The minimum absolute atomic E-state index is 0.192. The molecule has 19 heavy (non-hydrogen) atoms. The topological polar surface area (TPSA) is 68.5 Å². The zero-order valence-electron chi connectivity index (χ0n) is 11.9. The van der Waals surface area contributed by atoms with E-state index in [1.807, 2.05) is 26.8 Å². The van der Waals surface area contributed by atoms with Crippen LogP contribution in [0.1, 0.15) is 44.9 Å². The first-order valence-corrected chi connectivity index (χ1v) is 6.48. The van der Waals surface area contributed by atoms with Crippen LogP contribution >= 0.6 is 0 Å². The van der Waals surface area contributed by atoms with E-state index in [2.05, 4.69) is 11.9 Å². The summed E-state index contributed by atoms with van der Waals surface area (Å²) in [6, 6.07) is 1.88. The highest BCUT2D eigenvalue weighted by molar-refractivity contribution is 5.69. The molecule has 1 atom stereocenters. The van der Waals surface area contributed by atoms with Crippen molar-refractivity contribution in [1.82, 2.24) is 9.88 Å². The van der Waals surface area contributed by atoms with E-state index < -0.39 is 5.60 Å². The number of pyridine rings is 1. The third-order valence-electron chi connectivity index (χ3n) is 3.00. The molecule has 1 amide bonds. The lowest BCUT2D eigenvalue weighted by Gasteiger charge is -2.33. The minimum atomic E-state index is -0.478. The second-order valence-corrected chi connectivity index (χ2v) is 6.07. The Labute approximate surface area is 113 Å². The summed E-state index contributed by atoms with van der Waals surface area (Å²) in [6.07, 6.45) is 1.38. The van der Waals surface area contributed by atoms with Crippen molar-refractivity contribution in [2.45, 2.75) is 45.8 Å². The van der Waals surface area contributed by atoms with Crippen LogP contribution in [0.4, 0.5) is 10.5 Å². The molecule has 0 bridgehead atoms. The molecule has 0 radical (unpaired) electrons. The fourth-order valence-electron chi connectivity index (χ4n) is 2.26. The van der Waals surface area contributed by atoms with E-state index in [1.165, 1.54) is 0 Å². The number of rotatable bonds is 0. The van der Waals surface area contributed by atoms with Gasteiger partial charge in [-0.1, -0.05) is 6.92 Å². The van der Waals surface area contributed by atoms with Gasteiger partial charge < -0.3 is 15.4 Å². The van der Waals surface area contributed by atoms with Crippen LogP contribution in [0.2, 0.25) is 0 Å². The second-order valence-electron chi connectivity index (χ2n) is 6.07. The van der Waals surface area contributed by atoms with Crippen molar-refractivity contribution in [2.75, 3.05) is 12.3 Å². The third kappa shape index (κ3) is 3.16. The van der Waals surface area contributed by atoms with Crippen LogP contribution < -0.4 is 5.73 Å². The van der Waals surface area contributed by atoms with Crippen LogP contribution in [0.15, 0.2) is 12.3 Å². The molecule has 2 N–H and O–H groups in total. The van der Waals surface area contributed by atoms with E-state index in [9.17, 15) is 4.79 Å². The number of ether oxygens (including phenoxy) is 1. The SMILES string of the molecule is CC1CN(C(=O)OC(C)(C)C)Cc2cc(N)cnc21. The molecule has 0 aliphatic carbocycles. The summed E-state index contributed by atoms with van der Waals surface area (Å²) >= 11 is 0. The summed E-state index contributed by atoms with van der Waals surface area (Å²) in [5.41, 5.74) is 7.92. The molecular weight excluding hydrogens is 242 g/mol. The van der Waals surface area contributed by atoms with Gasteiger partial charge in [-0.05, 0) is 32.4 Å². The van der Waals surface area contributed by atoms with Crippen LogP contribution in [0.3, 0.4) is 0 Å². The minimum Gasteiger partial charge on any atom is -0.444 e. The Morgan fingerprint density at radius 2 is 2.21 bits per heavy atom. The van der Waals surface area contributed by atoms with Crippen molar-refractivity contribution in [2.24, 2.45) is 0 Å². The first kappa shape index (κ1) is 13.6. The number of nitrogens with two attached hydrogens (primary N) is 1. The summed E-state index contributed by atoms with van der Waals surface area (Å²) < 4.78 is 5.41. The maximum atomic E-state index is 12.1. The summed E-state index contributed by atoms with van der Waals surface area (Å²) in [4.78, 5) is 18.2. The molecule has 0 spiro atoms. The third-order valence-corrected chi connectivity index (χ3v) is 3.00. The number of fused-ring (bicyclic) bond motifs is 1. The number of hydrogen-bond donors (Lipinski definition) is 1. The first-order valence-electron chi connectivity index (χ1n) is 6.48. The molecule has 5 heteroatoms. The van der Waals surface area contributed by atoms with Crippen molar-refractivity contribution in [1.29, 1.82) is 0 Å². The molecule has 1 aromatic rings. The maximum Gasteiger partial charge on any atom is 0.410 e. The van der Waals surface area contributed by atoms with Crippen LogP contribution in [0.25, 0.3) is 0 Å². The molecule has 104 valence electrons. The highest BCUT2D eigenvalue weighted by Crippen LogP contribution is 2.28. The van der Waals surface area contributed by atoms with Crippen molar-refractivity contribution in [3.05, 3.63) is 23.5 Å². The maximum absolute atomic E-state index is 12.1. The summed E-state index contributed by atoms with van der Waals surface area (Å²) in [5, 5.41) is 0. The number of aromatic nitrogens is 1. The van der Waals surface area contributed by atoms with E-state index in [1.54, 1.807) is 11.1 Å². The standard InChI is InChI=1S/C14H21N3O2/c1-9-7-17(13(18)19-14(2,3)4)8-10-5-11(15)6-16-12(9)10/h5-6,9H,7-8,15H2,1-4H3. The number of carbonyl (C=O) groups excluding carboxylic acids is 1. The van der Waals surface area contributed by atoms with E-state index >= 15 is 0 Å². The Kier molecular flexibility index (Phi) is 3.39. The lowest BCUT2D eigenvalue weighted by Crippen LogP contribution is -2.41. The molecule has 2 heterocycles. The summed E-state index contributed by atoms with van der Waals surface area (Å²) in [5.74, 6) is 0.192. The van der Waals surface area contributed by atoms with Gasteiger partial charge in [0, 0.05) is 12.5 Å². The van der Waals surface area contributed by atoms with E-state index in [-0.39, 0.29) is 12.0 Å². The molecule has 5 nitrogen and oxygen atoms in total. The first-order chi connectivity index (χ1) is 8.76. The average Bonchev–Trinajstić information content (AvgIpc) is 2.25. The number of anilines is 1. The average molecular weight is 263 g/mol. The van der Waals surface area contributed by atoms with Crippen molar-refractivity contribution < 1.29 is 9.53 Å². The molecule has 2 rings (SSSR count). The van der Waals surface area contributed by atoms with Crippen LogP contribution in [-0.2, 0) is 11.3 Å². The number of carbonyl (C=O) groups is 1. The van der Waals surface area contributed by atoms with Gasteiger partial charge in [0.1, 0.15) is 5.60 Å². The fraction of sp³-hybridized carbons (Fsp3) is 0.571. The predicted molar refractivity (Wildman–Crippen MR) is 73.7 cm³/mol. The largest absolute Gasteiger partial charge is 0.444 e. The predicted octanol–water partition coefficient (Wildman–Crippen LogP) is 2.52.